The predicted octanol–water partition coefficient (Wildman–Crippen LogP) is 4.35. The number of halogens is 1. The lowest BCUT2D eigenvalue weighted by atomic mass is 9.97. The average Bonchev–Trinajstić information content (AvgIpc) is 3.53. The van der Waals surface area contributed by atoms with E-state index in [-0.39, 0.29) is 17.7 Å². The molecule has 0 amide bonds. The lowest BCUT2D eigenvalue weighted by Gasteiger charge is -2.16. The summed E-state index contributed by atoms with van der Waals surface area (Å²) in [4.78, 5) is 38.9. The number of hydrogen-bond donors (Lipinski definition) is 0. The molecule has 35 heavy (non-hydrogen) atoms. The van der Waals surface area contributed by atoms with Crippen LogP contribution in [-0.2, 0) is 22.6 Å². The number of hydrogen-bond acceptors (Lipinski definition) is 6. The number of pyridine rings is 2. The van der Waals surface area contributed by atoms with Crippen molar-refractivity contribution in [3.63, 3.8) is 0 Å². The van der Waals surface area contributed by atoms with E-state index in [1.54, 1.807) is 29.2 Å². The maximum absolute atomic E-state index is 13.4. The van der Waals surface area contributed by atoms with E-state index in [2.05, 4.69) is 9.97 Å². The van der Waals surface area contributed by atoms with Gasteiger partial charge in [-0.2, -0.15) is 0 Å². The summed E-state index contributed by atoms with van der Waals surface area (Å²) < 4.78 is 11.0. The standard InChI is InChI=1S/C25H29ClN6O3/c1-25(2,3)23(33)35-11-5-4-10-30-21(29-18-12-16(26)13-28-22(18)30)15-31-20-14-27-9-8-19(20)32(24(31)34)17-6-7-17/h8-9,12-14,17H,4-7,10-11,15H2,1-3H3. The highest BCUT2D eigenvalue weighted by atomic mass is 35.5. The Kier molecular flexibility index (Phi) is 6.13. The van der Waals surface area contributed by atoms with Crippen LogP contribution >= 0.6 is 11.6 Å². The first-order valence-corrected chi connectivity index (χ1v) is 12.3. The van der Waals surface area contributed by atoms with Gasteiger partial charge in [-0.1, -0.05) is 11.6 Å². The van der Waals surface area contributed by atoms with E-state index in [0.717, 1.165) is 36.1 Å². The fourth-order valence-electron chi connectivity index (χ4n) is 4.25. The van der Waals surface area contributed by atoms with Crippen molar-refractivity contribution < 1.29 is 9.53 Å². The van der Waals surface area contributed by atoms with Crippen molar-refractivity contribution >= 4 is 39.8 Å². The van der Waals surface area contributed by atoms with Gasteiger partial charge in [-0.15, -0.1) is 0 Å². The molecular formula is C25H29ClN6O3. The molecule has 0 N–H and O–H groups in total. The van der Waals surface area contributed by atoms with Crippen LogP contribution in [0.1, 0.15) is 58.3 Å². The van der Waals surface area contributed by atoms with E-state index >= 15 is 0 Å². The Hall–Kier alpha value is -3.20. The monoisotopic (exact) mass is 496 g/mol. The molecule has 1 fully saturated rings. The van der Waals surface area contributed by atoms with Crippen LogP contribution < -0.4 is 5.69 Å². The van der Waals surface area contributed by atoms with Crippen molar-refractivity contribution in [1.82, 2.24) is 28.7 Å². The summed E-state index contributed by atoms with van der Waals surface area (Å²) >= 11 is 6.17. The van der Waals surface area contributed by atoms with E-state index in [1.165, 1.54) is 0 Å². The molecule has 0 saturated heterocycles. The normalized spacial score (nSPS) is 14.2. The number of ether oxygens (including phenoxy) is 1. The number of carbonyl (C=O) groups is 1. The fraction of sp³-hybridized carbons (Fsp3) is 0.480. The molecule has 1 aliphatic carbocycles. The van der Waals surface area contributed by atoms with Gasteiger partial charge in [-0.25, -0.2) is 14.8 Å². The maximum atomic E-state index is 13.4. The number of esters is 1. The minimum absolute atomic E-state index is 0.0470. The summed E-state index contributed by atoms with van der Waals surface area (Å²) in [6, 6.07) is 3.94. The van der Waals surface area contributed by atoms with Gasteiger partial charge in [0.25, 0.3) is 0 Å². The van der Waals surface area contributed by atoms with Crippen LogP contribution in [0, 0.1) is 5.41 Å². The van der Waals surface area contributed by atoms with Gasteiger partial charge in [0.05, 0.1) is 40.8 Å². The predicted molar refractivity (Wildman–Crippen MR) is 134 cm³/mol. The third-order valence-electron chi connectivity index (χ3n) is 6.23. The first-order chi connectivity index (χ1) is 16.7. The summed E-state index contributed by atoms with van der Waals surface area (Å²) in [5, 5.41) is 0.509. The number of carbonyl (C=O) groups excluding carboxylic acids is 1. The fourth-order valence-corrected chi connectivity index (χ4v) is 4.40. The quantitative estimate of drug-likeness (QED) is 0.266. The van der Waals surface area contributed by atoms with Crippen LogP contribution in [0.15, 0.2) is 35.5 Å². The number of aryl methyl sites for hydroxylation is 1. The Morgan fingerprint density at radius 1 is 1.17 bits per heavy atom. The molecule has 5 rings (SSSR count). The Morgan fingerprint density at radius 2 is 1.97 bits per heavy atom. The maximum Gasteiger partial charge on any atom is 0.329 e. The molecule has 1 saturated carbocycles. The third-order valence-corrected chi connectivity index (χ3v) is 6.44. The number of nitrogens with zero attached hydrogens (tertiary/aromatic N) is 6. The van der Waals surface area contributed by atoms with Crippen molar-refractivity contribution in [3.05, 3.63) is 52.1 Å². The van der Waals surface area contributed by atoms with Gasteiger partial charge < -0.3 is 9.30 Å². The summed E-state index contributed by atoms with van der Waals surface area (Å²) in [7, 11) is 0. The van der Waals surface area contributed by atoms with Crippen molar-refractivity contribution in [2.24, 2.45) is 5.41 Å². The molecule has 4 heterocycles. The first-order valence-electron chi connectivity index (χ1n) is 12.0. The molecular weight excluding hydrogens is 468 g/mol. The zero-order chi connectivity index (χ0) is 24.7. The lowest BCUT2D eigenvalue weighted by Crippen LogP contribution is -2.25. The Morgan fingerprint density at radius 3 is 2.71 bits per heavy atom. The molecule has 0 bridgehead atoms. The van der Waals surface area contributed by atoms with Crippen molar-refractivity contribution in [2.75, 3.05) is 6.61 Å². The average molecular weight is 497 g/mol. The molecule has 4 aromatic heterocycles. The smallest absolute Gasteiger partial charge is 0.329 e. The Labute approximate surface area is 207 Å². The highest BCUT2D eigenvalue weighted by Gasteiger charge is 2.29. The molecule has 0 aromatic carbocycles. The van der Waals surface area contributed by atoms with E-state index < -0.39 is 5.41 Å². The molecule has 0 aliphatic heterocycles. The van der Waals surface area contributed by atoms with Crippen LogP contribution in [-0.4, -0.2) is 41.2 Å². The number of rotatable bonds is 8. The first kappa shape index (κ1) is 23.5. The largest absolute Gasteiger partial charge is 0.465 e. The minimum atomic E-state index is -0.515. The molecule has 184 valence electrons. The minimum Gasteiger partial charge on any atom is -0.465 e. The number of unbranched alkanes of at least 4 members (excludes halogenated alkanes) is 1. The second-order valence-electron chi connectivity index (χ2n) is 10.1. The lowest BCUT2D eigenvalue weighted by molar-refractivity contribution is -0.153. The second kappa shape index (κ2) is 9.11. The molecule has 0 atom stereocenters. The Bertz CT molecular complexity index is 1460. The van der Waals surface area contributed by atoms with Crippen molar-refractivity contribution in [1.29, 1.82) is 0 Å². The van der Waals surface area contributed by atoms with Crippen LogP contribution in [0.25, 0.3) is 22.2 Å². The zero-order valence-electron chi connectivity index (χ0n) is 20.2. The molecule has 0 radical (unpaired) electrons. The van der Waals surface area contributed by atoms with Crippen LogP contribution in [0.3, 0.4) is 0 Å². The highest BCUT2D eigenvalue weighted by molar-refractivity contribution is 6.31. The van der Waals surface area contributed by atoms with Crippen molar-refractivity contribution in [3.8, 4) is 0 Å². The molecule has 0 unspecified atom stereocenters. The number of aromatic nitrogens is 6. The van der Waals surface area contributed by atoms with Crippen molar-refractivity contribution in [2.45, 2.75) is 65.6 Å². The van der Waals surface area contributed by atoms with Gasteiger partial charge in [0.1, 0.15) is 11.3 Å². The molecule has 10 heteroatoms. The van der Waals surface area contributed by atoms with Gasteiger partial charge in [0, 0.05) is 25.0 Å². The van der Waals surface area contributed by atoms with Crippen LogP contribution in [0.4, 0.5) is 0 Å². The highest BCUT2D eigenvalue weighted by Crippen LogP contribution is 2.36. The number of fused-ring (bicyclic) bond motifs is 2. The van der Waals surface area contributed by atoms with Gasteiger partial charge >= 0.3 is 11.7 Å². The molecule has 9 nitrogen and oxygen atoms in total. The zero-order valence-corrected chi connectivity index (χ0v) is 21.0. The van der Waals surface area contributed by atoms with E-state index in [1.807, 2.05) is 36.0 Å². The summed E-state index contributed by atoms with van der Waals surface area (Å²) in [5.74, 6) is 0.518. The SMILES string of the molecule is CC(C)(C)C(=O)OCCCCn1c(Cn2c(=O)n(C3CC3)c3ccncc32)nc2cc(Cl)cnc21. The van der Waals surface area contributed by atoms with E-state index in [9.17, 15) is 9.59 Å². The molecule has 4 aromatic rings. The number of imidazole rings is 2. The van der Waals surface area contributed by atoms with Gasteiger partial charge in [-0.3, -0.25) is 18.9 Å². The van der Waals surface area contributed by atoms with Crippen LogP contribution in [0.5, 0.6) is 0 Å². The second-order valence-corrected chi connectivity index (χ2v) is 10.5. The van der Waals surface area contributed by atoms with Gasteiger partial charge in [0.2, 0.25) is 0 Å². The summed E-state index contributed by atoms with van der Waals surface area (Å²) in [6.45, 7) is 6.81. The molecule has 0 spiro atoms. The Balaban J connectivity index is 1.42. The molecule has 1 aliphatic rings. The van der Waals surface area contributed by atoms with E-state index in [0.29, 0.717) is 42.3 Å². The summed E-state index contributed by atoms with van der Waals surface area (Å²) in [5.41, 5.74) is 2.53. The van der Waals surface area contributed by atoms with Gasteiger partial charge in [-0.05, 0) is 58.6 Å². The van der Waals surface area contributed by atoms with E-state index in [4.69, 9.17) is 21.3 Å². The topological polar surface area (TPSA) is 96.8 Å². The third kappa shape index (κ3) is 4.69. The summed E-state index contributed by atoms with van der Waals surface area (Å²) in [6.07, 6.45) is 8.57. The van der Waals surface area contributed by atoms with Crippen LogP contribution in [0.2, 0.25) is 5.02 Å². The van der Waals surface area contributed by atoms with Gasteiger partial charge in [0.15, 0.2) is 5.65 Å².